The van der Waals surface area contributed by atoms with Gasteiger partial charge in [-0.25, -0.2) is 0 Å². The first-order valence-corrected chi connectivity index (χ1v) is 2.26. The van der Waals surface area contributed by atoms with E-state index in [1.54, 1.807) is 12.1 Å². The molecule has 0 bridgehead atoms. The number of nitrogens with one attached hydrogen (secondary N) is 1. The van der Waals surface area contributed by atoms with E-state index in [9.17, 15) is 0 Å². The first kappa shape index (κ1) is 7.39. The Balaban J connectivity index is 4.21. The lowest BCUT2D eigenvalue weighted by Crippen LogP contribution is -2.04. The standard InChI is InChI=1S/C6H5N3/c1-2-6(9)5(3-7)4-8/h2,5,9H,1H2. The van der Waals surface area contributed by atoms with Crippen LogP contribution >= 0.6 is 0 Å². The van der Waals surface area contributed by atoms with Gasteiger partial charge in [0.25, 0.3) is 0 Å². The van der Waals surface area contributed by atoms with Crippen LogP contribution in [0.25, 0.3) is 0 Å². The van der Waals surface area contributed by atoms with Crippen LogP contribution in [0, 0.1) is 34.0 Å². The van der Waals surface area contributed by atoms with Gasteiger partial charge in [0.1, 0.15) is 0 Å². The maximum atomic E-state index is 8.17. The monoisotopic (exact) mass is 119 g/mol. The summed E-state index contributed by atoms with van der Waals surface area (Å²) in [5, 5.41) is 23.3. The lowest BCUT2D eigenvalue weighted by Gasteiger charge is -1.91. The van der Waals surface area contributed by atoms with Crippen LogP contribution in [0.3, 0.4) is 0 Å². The number of hydrogen-bond donors (Lipinski definition) is 1. The molecule has 0 aliphatic heterocycles. The molecule has 0 unspecified atom stereocenters. The lowest BCUT2D eigenvalue weighted by molar-refractivity contribution is 1.14. The fourth-order valence-electron chi connectivity index (χ4n) is 0.286. The highest BCUT2D eigenvalue weighted by molar-refractivity contribution is 5.97. The second-order valence-corrected chi connectivity index (χ2v) is 1.35. The lowest BCUT2D eigenvalue weighted by atomic mass is 10.1. The van der Waals surface area contributed by atoms with E-state index < -0.39 is 5.92 Å². The molecular weight excluding hydrogens is 114 g/mol. The normalized spacial score (nSPS) is 7.44. The fraction of sp³-hybridized carbons (Fsp3) is 0.167. The summed E-state index contributed by atoms with van der Waals surface area (Å²) in [5.41, 5.74) is -0.0417. The number of nitriles is 2. The number of hydrogen-bond acceptors (Lipinski definition) is 3. The van der Waals surface area contributed by atoms with Crippen molar-refractivity contribution >= 4 is 5.71 Å². The molecular formula is C6H5N3. The van der Waals surface area contributed by atoms with Crippen molar-refractivity contribution in [3.8, 4) is 12.1 Å². The molecule has 44 valence electrons. The van der Waals surface area contributed by atoms with Gasteiger partial charge in [-0.3, -0.25) is 0 Å². The Bertz CT molecular complexity index is 189. The molecule has 0 spiro atoms. The topological polar surface area (TPSA) is 71.4 Å². The molecule has 0 rings (SSSR count). The largest absolute Gasteiger partial charge is 0.303 e. The molecule has 0 aromatic heterocycles. The summed E-state index contributed by atoms with van der Waals surface area (Å²) in [7, 11) is 0. The van der Waals surface area contributed by atoms with Crippen molar-refractivity contribution in [3.05, 3.63) is 12.7 Å². The van der Waals surface area contributed by atoms with Gasteiger partial charge in [0, 0.05) is 0 Å². The van der Waals surface area contributed by atoms with Crippen molar-refractivity contribution in [1.29, 1.82) is 15.9 Å². The molecule has 0 aromatic carbocycles. The van der Waals surface area contributed by atoms with Gasteiger partial charge in [-0.2, -0.15) is 10.5 Å². The zero-order valence-corrected chi connectivity index (χ0v) is 4.76. The van der Waals surface area contributed by atoms with E-state index in [-0.39, 0.29) is 5.71 Å². The van der Waals surface area contributed by atoms with Gasteiger partial charge in [-0.15, -0.1) is 0 Å². The first-order valence-electron chi connectivity index (χ1n) is 2.26. The van der Waals surface area contributed by atoms with Crippen LogP contribution in [-0.4, -0.2) is 5.71 Å². The average molecular weight is 119 g/mol. The van der Waals surface area contributed by atoms with Gasteiger partial charge in [-0.1, -0.05) is 6.58 Å². The summed E-state index contributed by atoms with van der Waals surface area (Å²) < 4.78 is 0. The highest BCUT2D eigenvalue weighted by atomic mass is 14.4. The number of nitrogens with zero attached hydrogens (tertiary/aromatic N) is 2. The summed E-state index contributed by atoms with van der Waals surface area (Å²) in [6.45, 7) is 3.25. The maximum absolute atomic E-state index is 8.17. The zero-order chi connectivity index (χ0) is 7.28. The smallest absolute Gasteiger partial charge is 0.174 e. The quantitative estimate of drug-likeness (QED) is 0.547. The van der Waals surface area contributed by atoms with E-state index in [2.05, 4.69) is 6.58 Å². The number of allylic oxidation sites excluding steroid dienone is 1. The Morgan fingerprint density at radius 2 is 2.00 bits per heavy atom. The molecule has 0 aliphatic rings. The van der Waals surface area contributed by atoms with Crippen LogP contribution in [0.1, 0.15) is 0 Å². The third kappa shape index (κ3) is 1.75. The molecule has 0 aromatic rings. The van der Waals surface area contributed by atoms with Crippen molar-refractivity contribution in [3.63, 3.8) is 0 Å². The molecule has 9 heavy (non-hydrogen) atoms. The Kier molecular flexibility index (Phi) is 2.79. The minimum Gasteiger partial charge on any atom is -0.303 e. The molecule has 3 nitrogen and oxygen atoms in total. The average Bonchev–Trinajstić information content (AvgIpc) is 1.90. The van der Waals surface area contributed by atoms with Gasteiger partial charge in [-0.05, 0) is 6.08 Å². The Morgan fingerprint density at radius 3 is 2.11 bits per heavy atom. The molecule has 0 atom stereocenters. The molecule has 1 N–H and O–H groups in total. The van der Waals surface area contributed by atoms with Gasteiger partial charge in [0.05, 0.1) is 17.9 Å². The second-order valence-electron chi connectivity index (χ2n) is 1.35. The third-order valence-electron chi connectivity index (χ3n) is 0.789. The Labute approximate surface area is 53.3 Å². The van der Waals surface area contributed by atoms with E-state index in [1.165, 1.54) is 6.08 Å². The number of rotatable bonds is 2. The van der Waals surface area contributed by atoms with Gasteiger partial charge in [0.2, 0.25) is 0 Å². The maximum Gasteiger partial charge on any atom is 0.174 e. The summed E-state index contributed by atoms with van der Waals surface area (Å²) in [6, 6.07) is 3.29. The minimum atomic E-state index is -0.956. The molecule has 0 radical (unpaired) electrons. The predicted molar refractivity (Wildman–Crippen MR) is 32.6 cm³/mol. The van der Waals surface area contributed by atoms with Crippen LogP contribution in [0.15, 0.2) is 12.7 Å². The van der Waals surface area contributed by atoms with Crippen LogP contribution in [-0.2, 0) is 0 Å². The van der Waals surface area contributed by atoms with Crippen molar-refractivity contribution in [2.24, 2.45) is 5.92 Å². The minimum absolute atomic E-state index is 0.0417. The van der Waals surface area contributed by atoms with Crippen LogP contribution in [0.4, 0.5) is 0 Å². The van der Waals surface area contributed by atoms with E-state index >= 15 is 0 Å². The third-order valence-corrected chi connectivity index (χ3v) is 0.789. The Morgan fingerprint density at radius 1 is 1.56 bits per heavy atom. The highest BCUT2D eigenvalue weighted by Gasteiger charge is 2.07. The van der Waals surface area contributed by atoms with E-state index in [1.807, 2.05) is 0 Å². The fourth-order valence-corrected chi connectivity index (χ4v) is 0.286. The van der Waals surface area contributed by atoms with Gasteiger partial charge < -0.3 is 5.41 Å². The molecule has 0 heterocycles. The van der Waals surface area contributed by atoms with Crippen LogP contribution < -0.4 is 0 Å². The van der Waals surface area contributed by atoms with Gasteiger partial charge >= 0.3 is 0 Å². The SMILES string of the molecule is C=CC(=N)C(C#N)C#N. The van der Waals surface area contributed by atoms with Crippen molar-refractivity contribution in [2.45, 2.75) is 0 Å². The predicted octanol–water partition coefficient (Wildman–Crippen LogP) is 0.856. The molecule has 3 heteroatoms. The van der Waals surface area contributed by atoms with E-state index in [0.29, 0.717) is 0 Å². The summed E-state index contributed by atoms with van der Waals surface area (Å²) in [5.74, 6) is -0.956. The summed E-state index contributed by atoms with van der Waals surface area (Å²) in [4.78, 5) is 0. The summed E-state index contributed by atoms with van der Waals surface area (Å²) >= 11 is 0. The van der Waals surface area contributed by atoms with Crippen LogP contribution in [0.2, 0.25) is 0 Å². The first-order chi connectivity index (χ1) is 4.26. The molecule has 0 fully saturated rings. The van der Waals surface area contributed by atoms with Crippen LogP contribution in [0.5, 0.6) is 0 Å². The van der Waals surface area contributed by atoms with Crippen molar-refractivity contribution in [1.82, 2.24) is 0 Å². The zero-order valence-electron chi connectivity index (χ0n) is 4.76. The van der Waals surface area contributed by atoms with E-state index in [4.69, 9.17) is 15.9 Å². The van der Waals surface area contributed by atoms with Gasteiger partial charge in [0.15, 0.2) is 5.92 Å². The Hall–Kier alpha value is -1.61. The molecule has 0 saturated heterocycles. The van der Waals surface area contributed by atoms with Crippen molar-refractivity contribution in [2.75, 3.05) is 0 Å². The second kappa shape index (κ2) is 3.40. The molecule has 0 aliphatic carbocycles. The highest BCUT2D eigenvalue weighted by Crippen LogP contribution is 1.93. The molecule has 0 amide bonds. The molecule has 0 saturated carbocycles. The van der Waals surface area contributed by atoms with Crippen molar-refractivity contribution < 1.29 is 0 Å². The summed E-state index contributed by atoms with van der Waals surface area (Å²) in [6.07, 6.45) is 1.19. The van der Waals surface area contributed by atoms with E-state index in [0.717, 1.165) is 0 Å².